The van der Waals surface area contributed by atoms with Crippen molar-refractivity contribution < 1.29 is 4.74 Å². The molecule has 3 aromatic rings. The molecule has 0 aliphatic rings. The molecule has 1 aromatic carbocycles. The van der Waals surface area contributed by atoms with E-state index >= 15 is 0 Å². The average molecular weight is 354 g/mol. The van der Waals surface area contributed by atoms with Crippen LogP contribution in [0.25, 0.3) is 10.2 Å². The molecule has 0 aliphatic heterocycles. The maximum absolute atomic E-state index is 6.07. The molecule has 0 unspecified atom stereocenters. The van der Waals surface area contributed by atoms with E-state index in [0.717, 1.165) is 15.8 Å². The molecule has 0 saturated heterocycles. The van der Waals surface area contributed by atoms with E-state index in [1.165, 1.54) is 4.88 Å². The quantitative estimate of drug-likeness (QED) is 0.736. The van der Waals surface area contributed by atoms with Gasteiger partial charge in [0.05, 0.1) is 10.4 Å². The van der Waals surface area contributed by atoms with Crippen LogP contribution >= 0.6 is 34.5 Å². The minimum atomic E-state index is 0.192. The van der Waals surface area contributed by atoms with Crippen molar-refractivity contribution >= 4 is 50.6 Å². The zero-order valence-electron chi connectivity index (χ0n) is 12.0. The third-order valence-corrected chi connectivity index (χ3v) is 4.99. The van der Waals surface area contributed by atoms with Crippen molar-refractivity contribution in [2.24, 2.45) is 0 Å². The van der Waals surface area contributed by atoms with Crippen LogP contribution in [-0.2, 0) is 6.61 Å². The van der Waals surface area contributed by atoms with Gasteiger partial charge in [-0.25, -0.2) is 9.97 Å². The van der Waals surface area contributed by atoms with E-state index < -0.39 is 0 Å². The average Bonchev–Trinajstić information content (AvgIpc) is 2.73. The molecule has 0 spiro atoms. The largest absolute Gasteiger partial charge is 0.484 e. The SMILES string of the molecule is Cc1sc2nc(COc3ccc(Cl)cc3Cl)nc(N)c2c1C. The number of halogens is 2. The smallest absolute Gasteiger partial charge is 0.169 e. The minimum absolute atomic E-state index is 0.192. The molecule has 0 amide bonds. The molecule has 0 aliphatic carbocycles. The molecular weight excluding hydrogens is 341 g/mol. The van der Waals surface area contributed by atoms with Crippen LogP contribution in [0.2, 0.25) is 10.0 Å². The van der Waals surface area contributed by atoms with Crippen LogP contribution in [0.5, 0.6) is 5.75 Å². The number of nitrogen functional groups attached to an aromatic ring is 1. The van der Waals surface area contributed by atoms with E-state index in [2.05, 4.69) is 9.97 Å². The first-order valence-electron chi connectivity index (χ1n) is 6.55. The Morgan fingerprint density at radius 3 is 2.73 bits per heavy atom. The number of benzene rings is 1. The summed E-state index contributed by atoms with van der Waals surface area (Å²) in [7, 11) is 0. The van der Waals surface area contributed by atoms with E-state index in [1.807, 2.05) is 13.8 Å². The number of thiophene rings is 1. The van der Waals surface area contributed by atoms with E-state index in [9.17, 15) is 0 Å². The number of aromatic nitrogens is 2. The second-order valence-corrected chi connectivity index (χ2v) is 6.90. The summed E-state index contributed by atoms with van der Waals surface area (Å²) in [5.74, 6) is 1.54. The maximum Gasteiger partial charge on any atom is 0.169 e. The fourth-order valence-electron chi connectivity index (χ4n) is 2.13. The van der Waals surface area contributed by atoms with Gasteiger partial charge in [-0.2, -0.15) is 0 Å². The molecule has 7 heteroatoms. The zero-order valence-corrected chi connectivity index (χ0v) is 14.3. The number of nitrogens with zero attached hydrogens (tertiary/aromatic N) is 2. The summed E-state index contributed by atoms with van der Waals surface area (Å²) < 4.78 is 5.65. The van der Waals surface area contributed by atoms with Crippen molar-refractivity contribution in [2.75, 3.05) is 5.73 Å². The van der Waals surface area contributed by atoms with Crippen LogP contribution in [0.3, 0.4) is 0 Å². The van der Waals surface area contributed by atoms with Crippen molar-refractivity contribution in [3.63, 3.8) is 0 Å². The van der Waals surface area contributed by atoms with Gasteiger partial charge in [0.25, 0.3) is 0 Å². The van der Waals surface area contributed by atoms with Crippen molar-refractivity contribution in [2.45, 2.75) is 20.5 Å². The Morgan fingerprint density at radius 2 is 2.00 bits per heavy atom. The minimum Gasteiger partial charge on any atom is -0.484 e. The molecule has 0 atom stereocenters. The van der Waals surface area contributed by atoms with Crippen LogP contribution in [0.4, 0.5) is 5.82 Å². The van der Waals surface area contributed by atoms with Crippen LogP contribution in [0.15, 0.2) is 18.2 Å². The Morgan fingerprint density at radius 1 is 1.23 bits per heavy atom. The highest BCUT2D eigenvalue weighted by molar-refractivity contribution is 7.18. The van der Waals surface area contributed by atoms with Crippen molar-refractivity contribution in [1.29, 1.82) is 0 Å². The molecule has 0 bridgehead atoms. The molecule has 3 rings (SSSR count). The fourth-order valence-corrected chi connectivity index (χ4v) is 3.64. The normalized spacial score (nSPS) is 11.1. The highest BCUT2D eigenvalue weighted by atomic mass is 35.5. The summed E-state index contributed by atoms with van der Waals surface area (Å²) >= 11 is 13.5. The standard InChI is InChI=1S/C15H13Cl2N3OS/c1-7-8(2)22-15-13(7)14(18)19-12(20-15)6-21-11-4-3-9(16)5-10(11)17/h3-5H,6H2,1-2H3,(H2,18,19,20). The van der Waals surface area contributed by atoms with Gasteiger partial charge in [0.2, 0.25) is 0 Å². The summed E-state index contributed by atoms with van der Waals surface area (Å²) in [6.45, 7) is 4.26. The number of hydrogen-bond acceptors (Lipinski definition) is 5. The maximum atomic E-state index is 6.07. The van der Waals surface area contributed by atoms with Gasteiger partial charge < -0.3 is 10.5 Å². The summed E-state index contributed by atoms with van der Waals surface area (Å²) in [4.78, 5) is 10.9. The summed E-state index contributed by atoms with van der Waals surface area (Å²) in [6.07, 6.45) is 0. The van der Waals surface area contributed by atoms with Crippen molar-refractivity contribution in [3.8, 4) is 5.75 Å². The zero-order chi connectivity index (χ0) is 15.9. The number of fused-ring (bicyclic) bond motifs is 1. The monoisotopic (exact) mass is 353 g/mol. The van der Waals surface area contributed by atoms with Crippen LogP contribution in [0, 0.1) is 13.8 Å². The van der Waals surface area contributed by atoms with Crippen LogP contribution in [-0.4, -0.2) is 9.97 Å². The first-order chi connectivity index (χ1) is 10.5. The van der Waals surface area contributed by atoms with Gasteiger partial charge in [-0.1, -0.05) is 23.2 Å². The third-order valence-electron chi connectivity index (χ3n) is 3.35. The lowest BCUT2D eigenvalue weighted by molar-refractivity contribution is 0.297. The van der Waals surface area contributed by atoms with Gasteiger partial charge in [-0.05, 0) is 37.6 Å². The predicted octanol–water partition coefficient (Wildman–Crippen LogP) is 4.78. The topological polar surface area (TPSA) is 61.0 Å². The molecule has 0 saturated carbocycles. The van der Waals surface area contributed by atoms with E-state index in [1.54, 1.807) is 29.5 Å². The molecule has 22 heavy (non-hydrogen) atoms. The lowest BCUT2D eigenvalue weighted by Gasteiger charge is -2.08. The van der Waals surface area contributed by atoms with Gasteiger partial charge in [-0.3, -0.25) is 0 Å². The fraction of sp³-hybridized carbons (Fsp3) is 0.200. The molecular formula is C15H13Cl2N3OS. The molecule has 0 radical (unpaired) electrons. The molecule has 4 nitrogen and oxygen atoms in total. The van der Waals surface area contributed by atoms with E-state index in [-0.39, 0.29) is 6.61 Å². The number of rotatable bonds is 3. The molecule has 114 valence electrons. The first-order valence-corrected chi connectivity index (χ1v) is 8.13. The molecule has 2 N–H and O–H groups in total. The highest BCUT2D eigenvalue weighted by Crippen LogP contribution is 2.32. The second kappa shape index (κ2) is 5.91. The first kappa shape index (κ1) is 15.3. The Balaban J connectivity index is 1.88. The Bertz CT molecular complexity index is 864. The number of ether oxygens (including phenoxy) is 1. The molecule has 2 heterocycles. The molecule has 2 aromatic heterocycles. The van der Waals surface area contributed by atoms with Crippen molar-refractivity contribution in [3.05, 3.63) is 44.5 Å². The van der Waals surface area contributed by atoms with Crippen LogP contribution in [0.1, 0.15) is 16.3 Å². The predicted molar refractivity (Wildman–Crippen MR) is 92.1 cm³/mol. The van der Waals surface area contributed by atoms with E-state index in [4.69, 9.17) is 33.7 Å². The summed E-state index contributed by atoms with van der Waals surface area (Å²) in [6, 6.07) is 5.06. The Labute approximate surface area is 141 Å². The molecule has 0 fully saturated rings. The van der Waals surface area contributed by atoms with E-state index in [0.29, 0.717) is 27.4 Å². The number of hydrogen-bond donors (Lipinski definition) is 1. The second-order valence-electron chi connectivity index (χ2n) is 4.85. The van der Waals surface area contributed by atoms with Gasteiger partial charge in [0.1, 0.15) is 23.0 Å². The summed E-state index contributed by atoms with van der Waals surface area (Å²) in [5.41, 5.74) is 7.18. The number of nitrogens with two attached hydrogens (primary N) is 1. The van der Waals surface area contributed by atoms with Crippen LogP contribution < -0.4 is 10.5 Å². The third kappa shape index (κ3) is 2.84. The highest BCUT2D eigenvalue weighted by Gasteiger charge is 2.13. The van der Waals surface area contributed by atoms with Gasteiger partial charge >= 0.3 is 0 Å². The Hall–Kier alpha value is -1.56. The number of aryl methyl sites for hydroxylation is 2. The summed E-state index contributed by atoms with van der Waals surface area (Å²) in [5, 5.41) is 1.93. The van der Waals surface area contributed by atoms with Gasteiger partial charge in [0, 0.05) is 9.90 Å². The van der Waals surface area contributed by atoms with Crippen molar-refractivity contribution in [1.82, 2.24) is 9.97 Å². The number of anilines is 1. The van der Waals surface area contributed by atoms with Gasteiger partial charge in [0.15, 0.2) is 5.82 Å². The Kier molecular flexibility index (Phi) is 4.12. The lowest BCUT2D eigenvalue weighted by Crippen LogP contribution is -2.04. The lowest BCUT2D eigenvalue weighted by atomic mass is 10.2. The van der Waals surface area contributed by atoms with Gasteiger partial charge in [-0.15, -0.1) is 11.3 Å².